The van der Waals surface area contributed by atoms with Crippen LogP contribution in [0.2, 0.25) is 0 Å². The molecular formula is C22H27IN4O. The molecule has 5 nitrogen and oxygen atoms in total. The topological polar surface area (TPSA) is 48.9 Å². The first-order valence-corrected chi connectivity index (χ1v) is 9.51. The molecule has 2 N–H and O–H groups in total. The summed E-state index contributed by atoms with van der Waals surface area (Å²) in [5, 5.41) is 6.96. The van der Waals surface area contributed by atoms with E-state index in [4.69, 9.17) is 4.74 Å². The molecule has 0 spiro atoms. The van der Waals surface area contributed by atoms with Gasteiger partial charge in [0.05, 0.1) is 12.6 Å². The lowest BCUT2D eigenvalue weighted by molar-refractivity contribution is 0.261. The Hall–Kier alpha value is -2.22. The van der Waals surface area contributed by atoms with Crippen molar-refractivity contribution < 1.29 is 4.74 Å². The number of hydrogen-bond acceptors (Lipinski definition) is 3. The van der Waals surface area contributed by atoms with Gasteiger partial charge in [-0.1, -0.05) is 42.5 Å². The fraction of sp³-hybridized carbons (Fsp3) is 0.318. The van der Waals surface area contributed by atoms with E-state index < -0.39 is 0 Å². The van der Waals surface area contributed by atoms with Crippen molar-refractivity contribution in [3.05, 3.63) is 71.8 Å². The molecule has 0 aliphatic carbocycles. The van der Waals surface area contributed by atoms with Gasteiger partial charge in [0.1, 0.15) is 5.75 Å². The maximum atomic E-state index is 5.74. The summed E-state index contributed by atoms with van der Waals surface area (Å²) in [5.41, 5.74) is 3.70. The fourth-order valence-electron chi connectivity index (χ4n) is 3.55. The Balaban J connectivity index is 0.00000225. The average Bonchev–Trinajstić information content (AvgIpc) is 3.26. The average molecular weight is 490 g/mol. The molecular weight excluding hydrogens is 463 g/mol. The number of nitrogens with zero attached hydrogens (tertiary/aromatic N) is 2. The molecule has 0 radical (unpaired) electrons. The van der Waals surface area contributed by atoms with Crippen molar-refractivity contribution in [2.45, 2.75) is 19.0 Å². The summed E-state index contributed by atoms with van der Waals surface area (Å²) in [6.45, 7) is 3.46. The van der Waals surface area contributed by atoms with Gasteiger partial charge in [0, 0.05) is 44.4 Å². The molecule has 0 bridgehead atoms. The van der Waals surface area contributed by atoms with Gasteiger partial charge in [-0.2, -0.15) is 0 Å². The highest BCUT2D eigenvalue weighted by Crippen LogP contribution is 2.31. The molecule has 28 heavy (non-hydrogen) atoms. The maximum Gasteiger partial charge on any atom is 0.191 e. The summed E-state index contributed by atoms with van der Waals surface area (Å²) < 4.78 is 5.74. The lowest BCUT2D eigenvalue weighted by Crippen LogP contribution is -2.40. The van der Waals surface area contributed by atoms with Crippen molar-refractivity contribution in [1.82, 2.24) is 10.6 Å². The molecule has 2 aliphatic heterocycles. The standard InChI is InChI=1S/C22H26N4O.HI/c1-23-22(25-20-12-15-27-21-7-3-2-6-19(20)21)24-16-17-8-10-18(11-9-17)26-13-4-5-14-26;/h2-11,20H,12-16H2,1H3,(H2,23,24,25);1H. The van der Waals surface area contributed by atoms with Gasteiger partial charge in [-0.3, -0.25) is 4.99 Å². The zero-order valence-corrected chi connectivity index (χ0v) is 18.4. The summed E-state index contributed by atoms with van der Waals surface area (Å²) in [7, 11) is 1.81. The van der Waals surface area contributed by atoms with Gasteiger partial charge in [-0.05, 0) is 23.8 Å². The van der Waals surface area contributed by atoms with Crippen LogP contribution in [0, 0.1) is 0 Å². The van der Waals surface area contributed by atoms with E-state index in [0.29, 0.717) is 0 Å². The second-order valence-electron chi connectivity index (χ2n) is 6.84. The van der Waals surface area contributed by atoms with Crippen LogP contribution in [0.5, 0.6) is 5.75 Å². The molecule has 0 saturated carbocycles. The van der Waals surface area contributed by atoms with Crippen LogP contribution >= 0.6 is 24.0 Å². The van der Waals surface area contributed by atoms with Gasteiger partial charge in [0.15, 0.2) is 5.96 Å². The molecule has 0 fully saturated rings. The van der Waals surface area contributed by atoms with Crippen LogP contribution in [0.25, 0.3) is 0 Å². The highest BCUT2D eigenvalue weighted by atomic mass is 127. The molecule has 2 aromatic carbocycles. The van der Waals surface area contributed by atoms with Crippen LogP contribution in [-0.4, -0.2) is 32.7 Å². The van der Waals surface area contributed by atoms with Crippen LogP contribution in [-0.2, 0) is 6.54 Å². The van der Waals surface area contributed by atoms with Gasteiger partial charge in [0.2, 0.25) is 0 Å². The highest BCUT2D eigenvalue weighted by Gasteiger charge is 2.21. The summed E-state index contributed by atoms with van der Waals surface area (Å²) in [6.07, 6.45) is 5.34. The van der Waals surface area contributed by atoms with E-state index in [1.807, 2.05) is 19.2 Å². The monoisotopic (exact) mass is 490 g/mol. The van der Waals surface area contributed by atoms with Crippen molar-refractivity contribution in [2.75, 3.05) is 31.6 Å². The van der Waals surface area contributed by atoms with E-state index in [1.54, 1.807) is 0 Å². The van der Waals surface area contributed by atoms with Gasteiger partial charge < -0.3 is 20.3 Å². The number of nitrogens with one attached hydrogen (secondary N) is 2. The highest BCUT2D eigenvalue weighted by molar-refractivity contribution is 14.0. The number of guanidine groups is 1. The lowest BCUT2D eigenvalue weighted by Gasteiger charge is -2.28. The zero-order valence-electron chi connectivity index (χ0n) is 16.1. The Kier molecular flexibility index (Phi) is 7.19. The minimum Gasteiger partial charge on any atom is -0.493 e. The number of ether oxygens (including phenoxy) is 1. The Morgan fingerprint density at radius 1 is 1.11 bits per heavy atom. The molecule has 2 heterocycles. The summed E-state index contributed by atoms with van der Waals surface area (Å²) >= 11 is 0. The molecule has 0 saturated heterocycles. The third-order valence-electron chi connectivity index (χ3n) is 5.07. The fourth-order valence-corrected chi connectivity index (χ4v) is 3.55. The number of para-hydroxylation sites is 1. The number of rotatable bonds is 4. The van der Waals surface area contributed by atoms with E-state index in [0.717, 1.165) is 44.4 Å². The maximum absolute atomic E-state index is 5.74. The van der Waals surface area contributed by atoms with Crippen molar-refractivity contribution in [2.24, 2.45) is 4.99 Å². The third-order valence-corrected chi connectivity index (χ3v) is 5.07. The van der Waals surface area contributed by atoms with Crippen LogP contribution < -0.4 is 20.3 Å². The molecule has 6 heteroatoms. The van der Waals surface area contributed by atoms with Crippen LogP contribution in [0.3, 0.4) is 0 Å². The quantitative estimate of drug-likeness (QED) is 0.296. The van der Waals surface area contributed by atoms with Crippen LogP contribution in [0.15, 0.2) is 65.7 Å². The van der Waals surface area contributed by atoms with Gasteiger partial charge >= 0.3 is 0 Å². The van der Waals surface area contributed by atoms with Gasteiger partial charge in [-0.25, -0.2) is 0 Å². The Bertz CT molecular complexity index is 827. The van der Waals surface area contributed by atoms with Gasteiger partial charge in [-0.15, -0.1) is 24.0 Å². The number of hydrogen-bond donors (Lipinski definition) is 2. The molecule has 148 valence electrons. The molecule has 1 unspecified atom stereocenters. The minimum atomic E-state index is 0. The predicted molar refractivity (Wildman–Crippen MR) is 126 cm³/mol. The summed E-state index contributed by atoms with van der Waals surface area (Å²) in [5.74, 6) is 1.77. The number of halogens is 1. The van der Waals surface area contributed by atoms with E-state index in [9.17, 15) is 0 Å². The van der Waals surface area contributed by atoms with E-state index >= 15 is 0 Å². The van der Waals surface area contributed by atoms with Gasteiger partial charge in [0.25, 0.3) is 0 Å². The first kappa shape index (κ1) is 20.5. The summed E-state index contributed by atoms with van der Waals surface area (Å²) in [6, 6.07) is 17.2. The molecule has 0 aromatic heterocycles. The number of benzene rings is 2. The Morgan fingerprint density at radius 3 is 2.61 bits per heavy atom. The third kappa shape index (κ3) is 4.79. The molecule has 2 aliphatic rings. The second kappa shape index (κ2) is 9.82. The number of anilines is 1. The van der Waals surface area contributed by atoms with Crippen molar-refractivity contribution in [1.29, 1.82) is 0 Å². The molecule has 1 atom stereocenters. The first-order chi connectivity index (χ1) is 13.3. The second-order valence-corrected chi connectivity index (χ2v) is 6.84. The largest absolute Gasteiger partial charge is 0.493 e. The van der Waals surface area contributed by atoms with Crippen molar-refractivity contribution in [3.63, 3.8) is 0 Å². The smallest absolute Gasteiger partial charge is 0.191 e. The summed E-state index contributed by atoms with van der Waals surface area (Å²) in [4.78, 5) is 6.74. The lowest BCUT2D eigenvalue weighted by atomic mass is 10.0. The SMILES string of the molecule is CN=C(NCc1ccc(N2CC=CC2)cc1)NC1CCOc2ccccc21.I. The van der Waals surface area contributed by atoms with Crippen molar-refractivity contribution >= 4 is 35.6 Å². The van der Waals surface area contributed by atoms with Crippen LogP contribution in [0.1, 0.15) is 23.6 Å². The molecule has 4 rings (SSSR count). The van der Waals surface area contributed by atoms with E-state index in [-0.39, 0.29) is 30.0 Å². The van der Waals surface area contributed by atoms with Crippen LogP contribution in [0.4, 0.5) is 5.69 Å². The first-order valence-electron chi connectivity index (χ1n) is 9.51. The zero-order chi connectivity index (χ0) is 18.5. The van der Waals surface area contributed by atoms with E-state index in [2.05, 4.69) is 69.1 Å². The number of fused-ring (bicyclic) bond motifs is 1. The number of aliphatic imine (C=N–C) groups is 1. The molecule has 0 amide bonds. The molecule has 2 aromatic rings. The van der Waals surface area contributed by atoms with Crippen molar-refractivity contribution in [3.8, 4) is 5.75 Å². The van der Waals surface area contributed by atoms with E-state index in [1.165, 1.54) is 16.8 Å². The normalized spacial score (nSPS) is 18.1. The predicted octanol–water partition coefficient (Wildman–Crippen LogP) is 3.87. The Labute approximate surface area is 183 Å². The Morgan fingerprint density at radius 2 is 1.86 bits per heavy atom. The minimum absolute atomic E-state index is 0.